The van der Waals surface area contributed by atoms with Gasteiger partial charge in [0.25, 0.3) is 0 Å². The number of alkyl halides is 3. The first-order valence-electron chi connectivity index (χ1n) is 8.45. The molecule has 0 spiro atoms. The van der Waals surface area contributed by atoms with Crippen molar-refractivity contribution >= 4 is 11.9 Å². The van der Waals surface area contributed by atoms with E-state index in [4.69, 9.17) is 0 Å². The number of anilines is 1. The third-order valence-corrected chi connectivity index (χ3v) is 3.83. The Morgan fingerprint density at radius 2 is 1.75 bits per heavy atom. The highest BCUT2D eigenvalue weighted by molar-refractivity contribution is 5.87. The molecule has 28 heavy (non-hydrogen) atoms. The van der Waals surface area contributed by atoms with E-state index in [9.17, 15) is 18.0 Å². The molecule has 3 aromatic rings. The van der Waals surface area contributed by atoms with Crippen molar-refractivity contribution in [2.24, 2.45) is 0 Å². The molecule has 0 bridgehead atoms. The predicted octanol–water partition coefficient (Wildman–Crippen LogP) is 4.35. The van der Waals surface area contributed by atoms with Crippen LogP contribution in [-0.2, 0) is 11.2 Å². The van der Waals surface area contributed by atoms with Crippen LogP contribution in [0.25, 0.3) is 17.1 Å². The molecule has 0 aliphatic carbocycles. The minimum atomic E-state index is -4.77. The predicted molar refractivity (Wildman–Crippen MR) is 97.2 cm³/mol. The van der Waals surface area contributed by atoms with E-state index >= 15 is 0 Å². The van der Waals surface area contributed by atoms with Crippen molar-refractivity contribution in [2.75, 3.05) is 5.32 Å². The monoisotopic (exact) mass is 390 g/mol. The van der Waals surface area contributed by atoms with Crippen molar-refractivity contribution in [3.8, 4) is 22.8 Å². The lowest BCUT2D eigenvalue weighted by atomic mass is 10.1. The average Bonchev–Trinajstić information content (AvgIpc) is 3.04. The summed E-state index contributed by atoms with van der Waals surface area (Å²) in [5, 5.41) is 6.97. The molecule has 1 heterocycles. The molecule has 0 atom stereocenters. The van der Waals surface area contributed by atoms with Crippen molar-refractivity contribution in [3.63, 3.8) is 0 Å². The SMILES string of the molecule is CCc1ccc(-c2nc(NC(C)=O)n(-c3ccc(OC(F)(F)F)cc3)n2)cc1. The average molecular weight is 390 g/mol. The standard InChI is InChI=1S/C19H17F3N4O2/c1-3-13-4-6-14(7-5-13)17-24-18(23-12(2)27)26(25-17)15-8-10-16(11-9-15)28-19(20,21)22/h4-11H,3H2,1-2H3,(H,23,24,25,27). The number of aromatic nitrogens is 3. The quantitative estimate of drug-likeness (QED) is 0.703. The second-order valence-electron chi connectivity index (χ2n) is 5.94. The maximum atomic E-state index is 12.3. The Hall–Kier alpha value is -3.36. The highest BCUT2D eigenvalue weighted by Crippen LogP contribution is 2.26. The van der Waals surface area contributed by atoms with Gasteiger partial charge in [0.2, 0.25) is 11.9 Å². The Kier molecular flexibility index (Phi) is 5.34. The normalized spacial score (nSPS) is 11.3. The number of carbonyl (C=O) groups excluding carboxylic acids is 1. The first-order chi connectivity index (χ1) is 13.2. The van der Waals surface area contributed by atoms with E-state index in [1.807, 2.05) is 31.2 Å². The number of nitrogens with zero attached hydrogens (tertiary/aromatic N) is 3. The molecule has 1 N–H and O–H groups in total. The minimum Gasteiger partial charge on any atom is -0.406 e. The number of benzene rings is 2. The number of hydrogen-bond acceptors (Lipinski definition) is 4. The number of hydrogen-bond donors (Lipinski definition) is 1. The Balaban J connectivity index is 1.96. The zero-order chi connectivity index (χ0) is 20.3. The van der Waals surface area contributed by atoms with Crippen LogP contribution in [0.5, 0.6) is 5.75 Å². The Morgan fingerprint density at radius 1 is 1.11 bits per heavy atom. The summed E-state index contributed by atoms with van der Waals surface area (Å²) >= 11 is 0. The number of carbonyl (C=O) groups is 1. The second kappa shape index (κ2) is 7.71. The smallest absolute Gasteiger partial charge is 0.406 e. The molecule has 0 aliphatic rings. The first kappa shape index (κ1) is 19.4. The van der Waals surface area contributed by atoms with E-state index in [1.165, 1.54) is 23.7 Å². The van der Waals surface area contributed by atoms with Crippen LogP contribution in [0.15, 0.2) is 48.5 Å². The molecular formula is C19H17F3N4O2. The molecule has 1 amide bonds. The van der Waals surface area contributed by atoms with E-state index in [-0.39, 0.29) is 17.6 Å². The number of amides is 1. The van der Waals surface area contributed by atoms with Crippen LogP contribution in [0.3, 0.4) is 0 Å². The van der Waals surface area contributed by atoms with Crippen LogP contribution in [0.4, 0.5) is 19.1 Å². The van der Waals surface area contributed by atoms with Crippen molar-refractivity contribution in [1.82, 2.24) is 14.8 Å². The van der Waals surface area contributed by atoms with E-state index in [1.54, 1.807) is 0 Å². The Morgan fingerprint density at radius 3 is 2.29 bits per heavy atom. The largest absolute Gasteiger partial charge is 0.573 e. The van der Waals surface area contributed by atoms with Gasteiger partial charge in [-0.3, -0.25) is 10.1 Å². The van der Waals surface area contributed by atoms with Crippen LogP contribution in [0.2, 0.25) is 0 Å². The topological polar surface area (TPSA) is 69.0 Å². The van der Waals surface area contributed by atoms with Crippen LogP contribution < -0.4 is 10.1 Å². The van der Waals surface area contributed by atoms with Crippen LogP contribution >= 0.6 is 0 Å². The van der Waals surface area contributed by atoms with Crippen LogP contribution in [0.1, 0.15) is 19.4 Å². The van der Waals surface area contributed by atoms with Crippen molar-refractivity contribution in [2.45, 2.75) is 26.6 Å². The number of ether oxygens (including phenoxy) is 1. The summed E-state index contributed by atoms with van der Waals surface area (Å²) in [7, 11) is 0. The molecule has 2 aromatic carbocycles. The van der Waals surface area contributed by atoms with Gasteiger partial charge >= 0.3 is 6.36 Å². The lowest BCUT2D eigenvalue weighted by Gasteiger charge is -2.10. The van der Waals surface area contributed by atoms with Crippen molar-refractivity contribution in [3.05, 3.63) is 54.1 Å². The molecule has 3 rings (SSSR count). The van der Waals surface area contributed by atoms with E-state index in [0.717, 1.165) is 29.7 Å². The molecular weight excluding hydrogens is 373 g/mol. The van der Waals surface area contributed by atoms with Crippen LogP contribution in [0, 0.1) is 0 Å². The van der Waals surface area contributed by atoms with E-state index < -0.39 is 6.36 Å². The minimum absolute atomic E-state index is 0.159. The van der Waals surface area contributed by atoms with Gasteiger partial charge in [-0.05, 0) is 36.2 Å². The van der Waals surface area contributed by atoms with Crippen molar-refractivity contribution in [1.29, 1.82) is 0 Å². The Bertz CT molecular complexity index is 964. The third-order valence-electron chi connectivity index (χ3n) is 3.83. The van der Waals surface area contributed by atoms with Gasteiger partial charge in [-0.1, -0.05) is 31.2 Å². The van der Waals surface area contributed by atoms with Gasteiger partial charge < -0.3 is 4.74 Å². The van der Waals surface area contributed by atoms with Gasteiger partial charge in [-0.2, -0.15) is 9.67 Å². The summed E-state index contributed by atoms with van der Waals surface area (Å²) in [5.41, 5.74) is 2.33. The van der Waals surface area contributed by atoms with E-state index in [2.05, 4.69) is 20.1 Å². The van der Waals surface area contributed by atoms with Gasteiger partial charge in [-0.25, -0.2) is 0 Å². The van der Waals surface area contributed by atoms with Gasteiger partial charge in [0.1, 0.15) is 5.75 Å². The molecule has 0 saturated heterocycles. The lowest BCUT2D eigenvalue weighted by molar-refractivity contribution is -0.274. The van der Waals surface area contributed by atoms with Crippen LogP contribution in [-0.4, -0.2) is 27.0 Å². The van der Waals surface area contributed by atoms with Gasteiger partial charge in [0.15, 0.2) is 5.82 Å². The van der Waals surface area contributed by atoms with Crippen molar-refractivity contribution < 1.29 is 22.7 Å². The zero-order valence-electron chi connectivity index (χ0n) is 15.1. The molecule has 0 fully saturated rings. The summed E-state index contributed by atoms with van der Waals surface area (Å²) in [6, 6.07) is 12.8. The summed E-state index contributed by atoms with van der Waals surface area (Å²) in [6.07, 6.45) is -3.88. The molecule has 9 heteroatoms. The summed E-state index contributed by atoms with van der Waals surface area (Å²) in [5.74, 6) is -0.167. The number of nitrogens with one attached hydrogen (secondary N) is 1. The van der Waals surface area contributed by atoms with Gasteiger partial charge in [0.05, 0.1) is 5.69 Å². The molecule has 0 radical (unpaired) electrons. The molecule has 6 nitrogen and oxygen atoms in total. The maximum absolute atomic E-state index is 12.3. The number of halogens is 3. The summed E-state index contributed by atoms with van der Waals surface area (Å²) in [4.78, 5) is 15.8. The Labute approximate surface area is 159 Å². The summed E-state index contributed by atoms with van der Waals surface area (Å²) < 4.78 is 42.2. The fourth-order valence-electron chi connectivity index (χ4n) is 2.53. The molecule has 146 valence electrons. The molecule has 0 aliphatic heterocycles. The lowest BCUT2D eigenvalue weighted by Crippen LogP contribution is -2.17. The molecule has 1 aromatic heterocycles. The first-order valence-corrected chi connectivity index (χ1v) is 8.45. The van der Waals surface area contributed by atoms with Gasteiger partial charge in [-0.15, -0.1) is 18.3 Å². The highest BCUT2D eigenvalue weighted by Gasteiger charge is 2.31. The second-order valence-corrected chi connectivity index (χ2v) is 5.94. The fraction of sp³-hybridized carbons (Fsp3) is 0.211. The summed E-state index contributed by atoms with van der Waals surface area (Å²) in [6.45, 7) is 3.37. The van der Waals surface area contributed by atoms with Gasteiger partial charge in [0, 0.05) is 12.5 Å². The number of rotatable bonds is 5. The zero-order valence-corrected chi connectivity index (χ0v) is 15.1. The third kappa shape index (κ3) is 4.67. The molecule has 0 saturated carbocycles. The fourth-order valence-corrected chi connectivity index (χ4v) is 2.53. The van der Waals surface area contributed by atoms with E-state index in [0.29, 0.717) is 11.5 Å². The number of aryl methyl sites for hydroxylation is 1. The highest BCUT2D eigenvalue weighted by atomic mass is 19.4. The molecule has 0 unspecified atom stereocenters. The maximum Gasteiger partial charge on any atom is 0.573 e.